The molecule has 0 spiro atoms. The Bertz CT molecular complexity index is 342. The summed E-state index contributed by atoms with van der Waals surface area (Å²) in [6.07, 6.45) is 3.66. The van der Waals surface area contributed by atoms with Gasteiger partial charge in [-0.2, -0.15) is 0 Å². The van der Waals surface area contributed by atoms with Crippen molar-refractivity contribution in [1.82, 2.24) is 0 Å². The van der Waals surface area contributed by atoms with E-state index in [9.17, 15) is 4.79 Å². The van der Waals surface area contributed by atoms with Crippen LogP contribution in [0.1, 0.15) is 29.6 Å². The molecule has 1 N–H and O–H groups in total. The number of carboxylic acid groups (broad SMARTS) is 1. The molecule has 3 nitrogen and oxygen atoms in total. The monoisotopic (exact) mass is 192 g/mol. The van der Waals surface area contributed by atoms with Crippen molar-refractivity contribution in [3.63, 3.8) is 0 Å². The molecule has 1 saturated carbocycles. The number of rotatable bonds is 3. The Morgan fingerprint density at radius 3 is 2.79 bits per heavy atom. The van der Waals surface area contributed by atoms with E-state index in [4.69, 9.17) is 9.84 Å². The summed E-state index contributed by atoms with van der Waals surface area (Å²) in [6.45, 7) is 0. The summed E-state index contributed by atoms with van der Waals surface area (Å²) >= 11 is 0. The van der Waals surface area contributed by atoms with Crippen molar-refractivity contribution < 1.29 is 14.6 Å². The largest absolute Gasteiger partial charge is 0.490 e. The van der Waals surface area contributed by atoms with Gasteiger partial charge in [0.25, 0.3) is 0 Å². The van der Waals surface area contributed by atoms with Crippen molar-refractivity contribution in [3.8, 4) is 5.75 Å². The summed E-state index contributed by atoms with van der Waals surface area (Å²) in [5.74, 6) is -0.251. The van der Waals surface area contributed by atoms with Crippen LogP contribution in [0.15, 0.2) is 24.3 Å². The van der Waals surface area contributed by atoms with Gasteiger partial charge in [-0.05, 0) is 37.5 Å². The third-order valence-corrected chi connectivity index (χ3v) is 2.44. The van der Waals surface area contributed by atoms with Gasteiger partial charge in [0.2, 0.25) is 0 Å². The van der Waals surface area contributed by atoms with Crippen LogP contribution in [-0.2, 0) is 0 Å². The lowest BCUT2D eigenvalue weighted by atomic mass is 9.96. The Kier molecular flexibility index (Phi) is 2.39. The normalized spacial score (nSPS) is 16.0. The average Bonchev–Trinajstić information content (AvgIpc) is 2.12. The molecule has 1 aromatic carbocycles. The lowest BCUT2D eigenvalue weighted by Crippen LogP contribution is -2.24. The fraction of sp³-hybridized carbons (Fsp3) is 0.364. The van der Waals surface area contributed by atoms with Gasteiger partial charge in [-0.25, -0.2) is 4.79 Å². The molecule has 0 bridgehead atoms. The maximum Gasteiger partial charge on any atom is 0.335 e. The van der Waals surface area contributed by atoms with Crippen LogP contribution < -0.4 is 4.74 Å². The molecule has 3 heteroatoms. The van der Waals surface area contributed by atoms with Crippen LogP contribution in [-0.4, -0.2) is 17.2 Å². The highest BCUT2D eigenvalue weighted by Gasteiger charge is 2.19. The first-order chi connectivity index (χ1) is 6.75. The van der Waals surface area contributed by atoms with E-state index >= 15 is 0 Å². The predicted molar refractivity (Wildman–Crippen MR) is 51.7 cm³/mol. The number of carboxylic acids is 1. The minimum absolute atomic E-state index is 0.279. The maximum absolute atomic E-state index is 10.7. The highest BCUT2D eigenvalue weighted by atomic mass is 16.5. The van der Waals surface area contributed by atoms with Gasteiger partial charge in [-0.1, -0.05) is 6.07 Å². The van der Waals surface area contributed by atoms with E-state index in [-0.39, 0.29) is 5.56 Å². The van der Waals surface area contributed by atoms with Crippen molar-refractivity contribution in [1.29, 1.82) is 0 Å². The lowest BCUT2D eigenvalue weighted by Gasteiger charge is -2.26. The van der Waals surface area contributed by atoms with Crippen LogP contribution in [0.3, 0.4) is 0 Å². The first kappa shape index (κ1) is 9.06. The van der Waals surface area contributed by atoms with E-state index in [1.165, 1.54) is 6.42 Å². The fourth-order valence-electron chi connectivity index (χ4n) is 1.38. The molecule has 0 radical (unpaired) electrons. The van der Waals surface area contributed by atoms with Crippen LogP contribution in [0.4, 0.5) is 0 Å². The smallest absolute Gasteiger partial charge is 0.335 e. The van der Waals surface area contributed by atoms with Crippen LogP contribution >= 0.6 is 0 Å². The summed E-state index contributed by atoms with van der Waals surface area (Å²) < 4.78 is 5.58. The molecule has 2 rings (SSSR count). The van der Waals surface area contributed by atoms with Crippen molar-refractivity contribution in [2.75, 3.05) is 0 Å². The number of hydrogen-bond donors (Lipinski definition) is 1. The van der Waals surface area contributed by atoms with E-state index in [0.29, 0.717) is 11.9 Å². The van der Waals surface area contributed by atoms with Crippen LogP contribution in [0.5, 0.6) is 5.75 Å². The van der Waals surface area contributed by atoms with Crippen LogP contribution in [0, 0.1) is 0 Å². The molecule has 1 aliphatic rings. The molecular formula is C11H12O3. The highest BCUT2D eigenvalue weighted by Crippen LogP contribution is 2.25. The summed E-state index contributed by atoms with van der Waals surface area (Å²) in [5, 5.41) is 8.76. The minimum Gasteiger partial charge on any atom is -0.490 e. The minimum atomic E-state index is -0.913. The zero-order valence-corrected chi connectivity index (χ0v) is 7.77. The average molecular weight is 192 g/mol. The Morgan fingerprint density at radius 2 is 2.21 bits per heavy atom. The molecule has 14 heavy (non-hydrogen) atoms. The van der Waals surface area contributed by atoms with E-state index in [0.717, 1.165) is 12.8 Å². The second kappa shape index (κ2) is 3.70. The highest BCUT2D eigenvalue weighted by molar-refractivity contribution is 5.87. The Morgan fingerprint density at radius 1 is 1.43 bits per heavy atom. The van der Waals surface area contributed by atoms with Crippen LogP contribution in [0.25, 0.3) is 0 Å². The molecule has 0 atom stereocenters. The topological polar surface area (TPSA) is 46.5 Å². The first-order valence-electron chi connectivity index (χ1n) is 4.76. The Hall–Kier alpha value is -1.51. The molecule has 1 fully saturated rings. The number of carbonyl (C=O) groups is 1. The molecule has 0 aromatic heterocycles. The first-order valence-corrected chi connectivity index (χ1v) is 4.76. The quantitative estimate of drug-likeness (QED) is 0.799. The molecule has 0 heterocycles. The summed E-state index contributed by atoms with van der Waals surface area (Å²) in [7, 11) is 0. The molecule has 0 aliphatic heterocycles. The molecular weight excluding hydrogens is 180 g/mol. The molecule has 74 valence electrons. The van der Waals surface area contributed by atoms with Gasteiger partial charge in [0.15, 0.2) is 0 Å². The third-order valence-electron chi connectivity index (χ3n) is 2.44. The summed E-state index contributed by atoms with van der Waals surface area (Å²) in [6, 6.07) is 6.64. The summed E-state index contributed by atoms with van der Waals surface area (Å²) in [4.78, 5) is 10.7. The predicted octanol–water partition coefficient (Wildman–Crippen LogP) is 2.32. The van der Waals surface area contributed by atoms with Gasteiger partial charge >= 0.3 is 5.97 Å². The molecule has 0 unspecified atom stereocenters. The van der Waals surface area contributed by atoms with Gasteiger partial charge in [0.1, 0.15) is 5.75 Å². The lowest BCUT2D eigenvalue weighted by molar-refractivity contribution is 0.0695. The number of ether oxygens (including phenoxy) is 1. The summed E-state index contributed by atoms with van der Waals surface area (Å²) in [5.41, 5.74) is 0.279. The molecule has 0 amide bonds. The van der Waals surface area contributed by atoms with E-state index < -0.39 is 5.97 Å². The number of benzene rings is 1. The maximum atomic E-state index is 10.7. The van der Waals surface area contributed by atoms with Crippen molar-refractivity contribution in [3.05, 3.63) is 29.8 Å². The van der Waals surface area contributed by atoms with Crippen molar-refractivity contribution in [2.45, 2.75) is 25.4 Å². The van der Waals surface area contributed by atoms with Gasteiger partial charge in [0, 0.05) is 0 Å². The Balaban J connectivity index is 2.09. The molecule has 1 aliphatic carbocycles. The third kappa shape index (κ3) is 1.87. The molecule has 0 saturated heterocycles. The SMILES string of the molecule is O=C(O)c1cccc(OC2CCC2)c1. The van der Waals surface area contributed by atoms with Gasteiger partial charge in [-0.15, -0.1) is 0 Å². The van der Waals surface area contributed by atoms with E-state index in [1.54, 1.807) is 24.3 Å². The zero-order chi connectivity index (χ0) is 9.97. The Labute approximate surface area is 82.3 Å². The number of hydrogen-bond acceptors (Lipinski definition) is 2. The fourth-order valence-corrected chi connectivity index (χ4v) is 1.38. The zero-order valence-electron chi connectivity index (χ0n) is 7.77. The van der Waals surface area contributed by atoms with Gasteiger partial charge in [0.05, 0.1) is 11.7 Å². The van der Waals surface area contributed by atoms with E-state index in [2.05, 4.69) is 0 Å². The van der Waals surface area contributed by atoms with E-state index in [1.807, 2.05) is 0 Å². The second-order valence-electron chi connectivity index (χ2n) is 3.50. The number of aromatic carboxylic acids is 1. The van der Waals surface area contributed by atoms with Crippen LogP contribution in [0.2, 0.25) is 0 Å². The van der Waals surface area contributed by atoms with Gasteiger partial charge < -0.3 is 9.84 Å². The van der Waals surface area contributed by atoms with Crippen molar-refractivity contribution >= 4 is 5.97 Å². The molecule has 1 aromatic rings. The second-order valence-corrected chi connectivity index (χ2v) is 3.50. The van der Waals surface area contributed by atoms with Gasteiger partial charge in [-0.3, -0.25) is 0 Å². The van der Waals surface area contributed by atoms with Crippen molar-refractivity contribution in [2.24, 2.45) is 0 Å². The standard InChI is InChI=1S/C11H12O3/c12-11(13)8-3-1-6-10(7-8)14-9-4-2-5-9/h1,3,6-7,9H,2,4-5H2,(H,12,13).